The lowest BCUT2D eigenvalue weighted by Gasteiger charge is -2.04. The summed E-state index contributed by atoms with van der Waals surface area (Å²) < 4.78 is 1.65. The molecule has 0 amide bonds. The molecule has 0 aliphatic carbocycles. The monoisotopic (exact) mass is 360 g/mol. The van der Waals surface area contributed by atoms with Crippen LogP contribution in [0.1, 0.15) is 37.0 Å². The summed E-state index contributed by atoms with van der Waals surface area (Å²) in [5.41, 5.74) is 0.559. The second kappa shape index (κ2) is 6.45. The zero-order valence-electron chi connectivity index (χ0n) is 9.80. The first-order valence-electron chi connectivity index (χ1n) is 5.39. The van der Waals surface area contributed by atoms with Gasteiger partial charge in [-0.2, -0.15) is 0 Å². The van der Waals surface area contributed by atoms with E-state index in [0.717, 1.165) is 8.95 Å². The summed E-state index contributed by atoms with van der Waals surface area (Å²) in [6, 6.07) is 5.32. The molecule has 92 valence electrons. The lowest BCUT2D eigenvalue weighted by molar-refractivity contribution is -0.118. The van der Waals surface area contributed by atoms with Crippen molar-refractivity contribution in [3.8, 4) is 0 Å². The third kappa shape index (κ3) is 5.13. The van der Waals surface area contributed by atoms with Crippen molar-refractivity contribution < 1.29 is 9.59 Å². The third-order valence-electron chi connectivity index (χ3n) is 2.18. The summed E-state index contributed by atoms with van der Waals surface area (Å²) in [6.07, 6.45) is 0.446. The maximum atomic E-state index is 11.9. The second-order valence-electron chi connectivity index (χ2n) is 4.39. The summed E-state index contributed by atoms with van der Waals surface area (Å²) >= 11 is 6.64. The van der Waals surface area contributed by atoms with Gasteiger partial charge in [0.05, 0.1) is 6.42 Å². The van der Waals surface area contributed by atoms with Gasteiger partial charge in [0.15, 0.2) is 5.78 Å². The molecule has 0 heterocycles. The quantitative estimate of drug-likeness (QED) is 0.575. The highest BCUT2D eigenvalue weighted by molar-refractivity contribution is 9.11. The molecule has 1 aromatic carbocycles. The van der Waals surface area contributed by atoms with Crippen LogP contribution in [0.2, 0.25) is 0 Å². The summed E-state index contributed by atoms with van der Waals surface area (Å²) in [7, 11) is 0. The van der Waals surface area contributed by atoms with Crippen LogP contribution in [0, 0.1) is 5.92 Å². The Morgan fingerprint density at radius 1 is 1.12 bits per heavy atom. The van der Waals surface area contributed by atoms with Crippen LogP contribution in [-0.4, -0.2) is 11.6 Å². The molecule has 0 saturated carbocycles. The summed E-state index contributed by atoms with van der Waals surface area (Å²) in [6.45, 7) is 3.94. The van der Waals surface area contributed by atoms with Gasteiger partial charge in [0, 0.05) is 20.9 Å². The van der Waals surface area contributed by atoms with E-state index in [1.807, 2.05) is 19.9 Å². The largest absolute Gasteiger partial charge is 0.299 e. The van der Waals surface area contributed by atoms with E-state index in [1.54, 1.807) is 12.1 Å². The van der Waals surface area contributed by atoms with Crippen molar-refractivity contribution in [2.24, 2.45) is 5.92 Å². The van der Waals surface area contributed by atoms with Crippen molar-refractivity contribution in [3.63, 3.8) is 0 Å². The van der Waals surface area contributed by atoms with Crippen molar-refractivity contribution in [1.82, 2.24) is 0 Å². The van der Waals surface area contributed by atoms with Crippen LogP contribution in [0.15, 0.2) is 27.1 Å². The SMILES string of the molecule is CC(C)CC(=O)CC(=O)c1cc(Br)cc(Br)c1. The Bertz CT molecular complexity index is 419. The number of hydrogen-bond donors (Lipinski definition) is 0. The third-order valence-corrected chi connectivity index (χ3v) is 3.09. The molecule has 17 heavy (non-hydrogen) atoms. The first-order chi connectivity index (χ1) is 7.88. The molecule has 4 heteroatoms. The van der Waals surface area contributed by atoms with E-state index < -0.39 is 0 Å². The van der Waals surface area contributed by atoms with Crippen molar-refractivity contribution in [2.75, 3.05) is 0 Å². The molecule has 0 spiro atoms. The summed E-state index contributed by atoms with van der Waals surface area (Å²) in [5, 5.41) is 0. The Hall–Kier alpha value is -0.480. The Morgan fingerprint density at radius 3 is 2.12 bits per heavy atom. The van der Waals surface area contributed by atoms with Crippen LogP contribution < -0.4 is 0 Å². The fourth-order valence-corrected chi connectivity index (χ4v) is 2.82. The smallest absolute Gasteiger partial charge is 0.170 e. The van der Waals surface area contributed by atoms with E-state index in [2.05, 4.69) is 31.9 Å². The van der Waals surface area contributed by atoms with E-state index in [1.165, 1.54) is 0 Å². The number of halogens is 2. The molecule has 0 radical (unpaired) electrons. The van der Waals surface area contributed by atoms with Gasteiger partial charge >= 0.3 is 0 Å². The van der Waals surface area contributed by atoms with Crippen molar-refractivity contribution in [1.29, 1.82) is 0 Å². The highest BCUT2D eigenvalue weighted by Crippen LogP contribution is 2.21. The van der Waals surface area contributed by atoms with Crippen LogP contribution in [-0.2, 0) is 4.79 Å². The molecular weight excluding hydrogens is 348 g/mol. The predicted octanol–water partition coefficient (Wildman–Crippen LogP) is 4.40. The van der Waals surface area contributed by atoms with Crippen LogP contribution >= 0.6 is 31.9 Å². The van der Waals surface area contributed by atoms with Crippen molar-refractivity contribution >= 4 is 43.4 Å². The molecule has 0 unspecified atom stereocenters. The average Bonchev–Trinajstić information content (AvgIpc) is 2.14. The minimum atomic E-state index is -0.127. The highest BCUT2D eigenvalue weighted by atomic mass is 79.9. The van der Waals surface area contributed by atoms with Gasteiger partial charge in [-0.3, -0.25) is 9.59 Å². The van der Waals surface area contributed by atoms with Crippen LogP contribution in [0.25, 0.3) is 0 Å². The highest BCUT2D eigenvalue weighted by Gasteiger charge is 2.13. The van der Waals surface area contributed by atoms with Gasteiger partial charge in [0.2, 0.25) is 0 Å². The Kier molecular flexibility index (Phi) is 5.53. The van der Waals surface area contributed by atoms with Gasteiger partial charge in [0.25, 0.3) is 0 Å². The number of benzene rings is 1. The molecule has 1 aromatic rings. The number of hydrogen-bond acceptors (Lipinski definition) is 2. The minimum absolute atomic E-state index is 0.00102. The lowest BCUT2D eigenvalue weighted by Crippen LogP contribution is -2.10. The molecule has 1 rings (SSSR count). The fraction of sp³-hybridized carbons (Fsp3) is 0.385. The van der Waals surface area contributed by atoms with Gasteiger partial charge in [0.1, 0.15) is 5.78 Å². The number of carbonyl (C=O) groups is 2. The standard InChI is InChI=1S/C13H14Br2O2/c1-8(2)3-12(16)7-13(17)9-4-10(14)6-11(15)5-9/h4-6,8H,3,7H2,1-2H3. The van der Waals surface area contributed by atoms with E-state index in [0.29, 0.717) is 17.9 Å². The Balaban J connectivity index is 2.73. The molecule has 0 N–H and O–H groups in total. The molecule has 0 saturated heterocycles. The van der Waals surface area contributed by atoms with Gasteiger partial charge < -0.3 is 0 Å². The number of rotatable bonds is 5. The first kappa shape index (κ1) is 14.6. The van der Waals surface area contributed by atoms with E-state index in [4.69, 9.17) is 0 Å². The average molecular weight is 362 g/mol. The molecule has 0 fully saturated rings. The maximum absolute atomic E-state index is 11.9. The lowest BCUT2D eigenvalue weighted by atomic mass is 10.0. The number of ketones is 2. The molecule has 0 bridgehead atoms. The van der Waals surface area contributed by atoms with E-state index >= 15 is 0 Å². The summed E-state index contributed by atoms with van der Waals surface area (Å²) in [4.78, 5) is 23.4. The summed E-state index contributed by atoms with van der Waals surface area (Å²) in [5.74, 6) is 0.170. The minimum Gasteiger partial charge on any atom is -0.299 e. The molecule has 0 atom stereocenters. The molecule has 0 aromatic heterocycles. The van der Waals surface area contributed by atoms with E-state index in [-0.39, 0.29) is 18.0 Å². The molecule has 0 aliphatic rings. The van der Waals surface area contributed by atoms with Gasteiger partial charge in [-0.1, -0.05) is 45.7 Å². The normalized spacial score (nSPS) is 10.6. The predicted molar refractivity (Wildman–Crippen MR) is 75.3 cm³/mol. The van der Waals surface area contributed by atoms with Crippen LogP contribution in [0.4, 0.5) is 0 Å². The first-order valence-corrected chi connectivity index (χ1v) is 6.98. The molecular formula is C13H14Br2O2. The Morgan fingerprint density at radius 2 is 1.65 bits per heavy atom. The maximum Gasteiger partial charge on any atom is 0.170 e. The van der Waals surface area contributed by atoms with E-state index in [9.17, 15) is 9.59 Å². The van der Waals surface area contributed by atoms with Crippen LogP contribution in [0.3, 0.4) is 0 Å². The number of carbonyl (C=O) groups excluding carboxylic acids is 2. The van der Waals surface area contributed by atoms with Crippen LogP contribution in [0.5, 0.6) is 0 Å². The zero-order valence-corrected chi connectivity index (χ0v) is 13.0. The fourth-order valence-electron chi connectivity index (χ4n) is 1.52. The van der Waals surface area contributed by atoms with Gasteiger partial charge in [-0.15, -0.1) is 0 Å². The molecule has 2 nitrogen and oxygen atoms in total. The Labute approximate surface area is 118 Å². The van der Waals surface area contributed by atoms with Crippen molar-refractivity contribution in [3.05, 3.63) is 32.7 Å². The second-order valence-corrected chi connectivity index (χ2v) is 6.23. The van der Waals surface area contributed by atoms with Gasteiger partial charge in [-0.25, -0.2) is 0 Å². The van der Waals surface area contributed by atoms with Gasteiger partial charge in [-0.05, 0) is 24.1 Å². The zero-order chi connectivity index (χ0) is 13.0. The van der Waals surface area contributed by atoms with Crippen molar-refractivity contribution in [2.45, 2.75) is 26.7 Å². The molecule has 0 aliphatic heterocycles. The topological polar surface area (TPSA) is 34.1 Å². The number of Topliss-reactive ketones (excluding diaryl/α,β-unsaturated/α-hetero) is 2.